The quantitative estimate of drug-likeness (QED) is 0.687. The first-order valence-electron chi connectivity index (χ1n) is 5.22. The van der Waals surface area contributed by atoms with E-state index in [0.29, 0.717) is 5.54 Å². The first kappa shape index (κ1) is 11.5. The normalized spacial score (nSPS) is 14.0. The highest BCUT2D eigenvalue weighted by Crippen LogP contribution is 2.30. The van der Waals surface area contributed by atoms with Crippen molar-refractivity contribution in [3.8, 4) is 0 Å². The van der Waals surface area contributed by atoms with Crippen LogP contribution in [0.3, 0.4) is 0 Å². The molecule has 1 aromatic carbocycles. The Balaban J connectivity index is 2.93. The molecule has 2 heteroatoms. The highest BCUT2D eigenvalue weighted by molar-refractivity contribution is 6.72. The van der Waals surface area contributed by atoms with Crippen LogP contribution in [0.1, 0.15) is 24.4 Å². The van der Waals surface area contributed by atoms with Crippen LogP contribution in [0.5, 0.6) is 0 Å². The van der Waals surface area contributed by atoms with Gasteiger partial charge >= 0.3 is 0 Å². The Morgan fingerprint density at radius 2 is 1.79 bits per heavy atom. The molecule has 0 aliphatic heterocycles. The van der Waals surface area contributed by atoms with E-state index in [2.05, 4.69) is 50.3 Å². The maximum absolute atomic E-state index is 5.68. The van der Waals surface area contributed by atoms with Crippen LogP contribution in [-0.2, 0) is 4.43 Å². The topological polar surface area (TPSA) is 9.23 Å². The molecule has 0 radical (unpaired) electrons. The van der Waals surface area contributed by atoms with Crippen molar-refractivity contribution in [2.75, 3.05) is 7.11 Å². The number of rotatable bonds is 4. The fourth-order valence-electron chi connectivity index (χ4n) is 1.96. The van der Waals surface area contributed by atoms with Crippen molar-refractivity contribution >= 4 is 8.32 Å². The lowest BCUT2D eigenvalue weighted by Gasteiger charge is -2.30. The second kappa shape index (κ2) is 4.76. The zero-order valence-electron chi connectivity index (χ0n) is 9.58. The molecule has 0 bridgehead atoms. The summed E-state index contributed by atoms with van der Waals surface area (Å²) < 4.78 is 5.68. The van der Waals surface area contributed by atoms with Crippen molar-refractivity contribution in [2.24, 2.45) is 0 Å². The van der Waals surface area contributed by atoms with Gasteiger partial charge in [-0.25, -0.2) is 0 Å². The molecule has 1 nitrogen and oxygen atoms in total. The Morgan fingerprint density at radius 1 is 1.21 bits per heavy atom. The number of benzene rings is 1. The fourth-order valence-corrected chi connectivity index (χ4v) is 4.22. The molecule has 0 saturated heterocycles. The van der Waals surface area contributed by atoms with Gasteiger partial charge in [-0.3, -0.25) is 0 Å². The average Bonchev–Trinajstić information content (AvgIpc) is 2.20. The van der Waals surface area contributed by atoms with Crippen molar-refractivity contribution < 1.29 is 4.43 Å². The van der Waals surface area contributed by atoms with E-state index < -0.39 is 8.32 Å². The fraction of sp³-hybridized carbons (Fsp3) is 0.500. The van der Waals surface area contributed by atoms with E-state index in [-0.39, 0.29) is 0 Å². The van der Waals surface area contributed by atoms with E-state index in [9.17, 15) is 0 Å². The minimum absolute atomic E-state index is 0.605. The average molecular weight is 208 g/mol. The van der Waals surface area contributed by atoms with Crippen LogP contribution in [0, 0.1) is 0 Å². The van der Waals surface area contributed by atoms with Gasteiger partial charge in [0.2, 0.25) is 0 Å². The third-order valence-electron chi connectivity index (χ3n) is 2.98. The van der Waals surface area contributed by atoms with Gasteiger partial charge in [0.05, 0.1) is 0 Å². The van der Waals surface area contributed by atoms with Crippen LogP contribution >= 0.6 is 0 Å². The molecule has 0 aliphatic carbocycles. The summed E-state index contributed by atoms with van der Waals surface area (Å²) in [7, 11) is 0.298. The molecule has 0 N–H and O–H groups in total. The van der Waals surface area contributed by atoms with Crippen LogP contribution in [-0.4, -0.2) is 15.4 Å². The molecule has 0 aliphatic rings. The first-order valence-corrected chi connectivity index (χ1v) is 8.20. The van der Waals surface area contributed by atoms with Gasteiger partial charge in [0.25, 0.3) is 0 Å². The summed E-state index contributed by atoms with van der Waals surface area (Å²) in [6, 6.07) is 10.7. The van der Waals surface area contributed by atoms with Crippen molar-refractivity contribution in [3.63, 3.8) is 0 Å². The van der Waals surface area contributed by atoms with Crippen LogP contribution < -0.4 is 0 Å². The molecule has 0 saturated carbocycles. The third-order valence-corrected chi connectivity index (χ3v) is 6.45. The van der Waals surface area contributed by atoms with Gasteiger partial charge in [-0.05, 0) is 25.1 Å². The molecule has 0 fully saturated rings. The molecule has 0 amide bonds. The molecule has 78 valence electrons. The highest BCUT2D eigenvalue weighted by atomic mass is 28.4. The van der Waals surface area contributed by atoms with Gasteiger partial charge in [-0.15, -0.1) is 0 Å². The molecule has 0 spiro atoms. The van der Waals surface area contributed by atoms with E-state index >= 15 is 0 Å². The Morgan fingerprint density at radius 3 is 2.21 bits per heavy atom. The summed E-state index contributed by atoms with van der Waals surface area (Å²) >= 11 is 0. The van der Waals surface area contributed by atoms with Crippen LogP contribution in [0.2, 0.25) is 13.1 Å². The predicted molar refractivity (Wildman–Crippen MR) is 64.0 cm³/mol. The van der Waals surface area contributed by atoms with Crippen LogP contribution in [0.4, 0.5) is 0 Å². The summed E-state index contributed by atoms with van der Waals surface area (Å²) in [6.07, 6.45) is 1.16. The third kappa shape index (κ3) is 2.46. The van der Waals surface area contributed by atoms with Crippen molar-refractivity contribution in [1.82, 2.24) is 0 Å². The Hall–Kier alpha value is -0.603. The number of hydrogen-bond donors (Lipinski definition) is 0. The smallest absolute Gasteiger partial charge is 0.193 e. The summed E-state index contributed by atoms with van der Waals surface area (Å²) in [6.45, 7) is 6.81. The summed E-state index contributed by atoms with van der Waals surface area (Å²) in [5, 5.41) is 0. The van der Waals surface area contributed by atoms with E-state index in [1.54, 1.807) is 0 Å². The first-order chi connectivity index (χ1) is 6.61. The van der Waals surface area contributed by atoms with Gasteiger partial charge in [-0.2, -0.15) is 0 Å². The van der Waals surface area contributed by atoms with Gasteiger partial charge in [0, 0.05) is 12.7 Å². The Labute approximate surface area is 88.2 Å². The number of hydrogen-bond acceptors (Lipinski definition) is 1. The largest absolute Gasteiger partial charge is 0.420 e. The lowest BCUT2D eigenvalue weighted by atomic mass is 10.1. The van der Waals surface area contributed by atoms with Crippen LogP contribution in [0.15, 0.2) is 30.3 Å². The lowest BCUT2D eigenvalue weighted by Crippen LogP contribution is -2.37. The summed E-state index contributed by atoms with van der Waals surface area (Å²) in [5.41, 5.74) is 2.03. The molecule has 1 aromatic rings. The zero-order chi connectivity index (χ0) is 10.6. The molecule has 0 aromatic heterocycles. The van der Waals surface area contributed by atoms with Crippen molar-refractivity contribution in [3.05, 3.63) is 35.9 Å². The second-order valence-electron chi connectivity index (χ2n) is 4.18. The summed E-state index contributed by atoms with van der Waals surface area (Å²) in [4.78, 5) is 0. The van der Waals surface area contributed by atoms with Gasteiger partial charge in [0.1, 0.15) is 0 Å². The molecular weight excluding hydrogens is 188 g/mol. The minimum atomic E-state index is -1.55. The maximum atomic E-state index is 5.68. The highest BCUT2D eigenvalue weighted by Gasteiger charge is 2.32. The zero-order valence-corrected chi connectivity index (χ0v) is 10.6. The minimum Gasteiger partial charge on any atom is -0.420 e. The molecular formula is C12H20OSi. The van der Waals surface area contributed by atoms with E-state index in [1.165, 1.54) is 5.56 Å². The van der Waals surface area contributed by atoms with E-state index in [0.717, 1.165) is 6.42 Å². The molecule has 1 rings (SSSR count). The van der Waals surface area contributed by atoms with Gasteiger partial charge in [0.15, 0.2) is 8.32 Å². The standard InChI is InChI=1S/C12H20OSi/c1-5-12(14(3,4)13-2)11-9-7-6-8-10-11/h6-10,12H,5H2,1-4H3. The molecule has 14 heavy (non-hydrogen) atoms. The van der Waals surface area contributed by atoms with Gasteiger partial charge < -0.3 is 4.43 Å². The predicted octanol–water partition coefficient (Wildman–Crippen LogP) is 3.57. The molecule has 0 heterocycles. The van der Waals surface area contributed by atoms with Crippen LogP contribution in [0.25, 0.3) is 0 Å². The SMILES string of the molecule is CCC(c1ccccc1)[Si](C)(C)OC. The van der Waals surface area contributed by atoms with E-state index in [1.807, 2.05) is 7.11 Å². The Bertz CT molecular complexity index is 269. The Kier molecular flexibility index (Phi) is 3.90. The second-order valence-corrected chi connectivity index (χ2v) is 8.49. The van der Waals surface area contributed by atoms with Crippen molar-refractivity contribution in [1.29, 1.82) is 0 Å². The van der Waals surface area contributed by atoms with Crippen molar-refractivity contribution in [2.45, 2.75) is 32.0 Å². The van der Waals surface area contributed by atoms with E-state index in [4.69, 9.17) is 4.43 Å². The lowest BCUT2D eigenvalue weighted by molar-refractivity contribution is 0.390. The maximum Gasteiger partial charge on any atom is 0.193 e. The monoisotopic (exact) mass is 208 g/mol. The molecule has 1 unspecified atom stereocenters. The van der Waals surface area contributed by atoms with Gasteiger partial charge in [-0.1, -0.05) is 37.3 Å². The molecule has 1 atom stereocenters. The summed E-state index contributed by atoms with van der Waals surface area (Å²) in [5.74, 6) is 0.